The maximum absolute atomic E-state index is 11.6. The Morgan fingerprint density at radius 1 is 1.52 bits per heavy atom. The van der Waals surface area contributed by atoms with Crippen LogP contribution in [-0.4, -0.2) is 29.8 Å². The van der Waals surface area contributed by atoms with Crippen LogP contribution in [0.4, 0.5) is 0 Å². The highest BCUT2D eigenvalue weighted by atomic mass is 79.9. The number of Topliss-reactive ketones (excluding diaryl/α,β-unsaturated/α-hetero) is 1. The van der Waals surface area contributed by atoms with Crippen molar-refractivity contribution in [1.82, 2.24) is 0 Å². The van der Waals surface area contributed by atoms with Crippen LogP contribution in [0.2, 0.25) is 5.02 Å². The molecule has 0 fully saturated rings. The molecule has 1 aromatic rings. The van der Waals surface area contributed by atoms with Gasteiger partial charge in [0.1, 0.15) is 11.5 Å². The van der Waals surface area contributed by atoms with Crippen LogP contribution >= 0.6 is 27.5 Å². The molecule has 0 radical (unpaired) electrons. The monoisotopic (exact) mass is 395 g/mol. The molecule has 114 valence electrons. The van der Waals surface area contributed by atoms with Gasteiger partial charge in [0.05, 0.1) is 5.33 Å². The molecule has 0 spiro atoms. The van der Waals surface area contributed by atoms with E-state index in [-0.39, 0.29) is 23.2 Å². The minimum atomic E-state index is -4.21. The van der Waals surface area contributed by atoms with E-state index in [1.165, 1.54) is 6.07 Å². The summed E-state index contributed by atoms with van der Waals surface area (Å²) in [5.74, 6) is -0.786. The van der Waals surface area contributed by atoms with Crippen LogP contribution in [0.3, 0.4) is 0 Å². The molecule has 1 atom stereocenters. The Morgan fingerprint density at radius 2 is 2.24 bits per heavy atom. The van der Waals surface area contributed by atoms with Crippen LogP contribution in [0.25, 0.3) is 0 Å². The molecular formula is C12H11BrClNO5S. The number of benzene rings is 1. The summed E-state index contributed by atoms with van der Waals surface area (Å²) in [6.45, 7) is 0. The second-order valence-electron chi connectivity index (χ2n) is 4.43. The first-order valence-corrected chi connectivity index (χ1v) is 8.97. The lowest BCUT2D eigenvalue weighted by molar-refractivity contribution is -0.110. The van der Waals surface area contributed by atoms with E-state index in [2.05, 4.69) is 21.1 Å². The largest absolute Gasteiger partial charge is 0.387 e. The van der Waals surface area contributed by atoms with Gasteiger partial charge in [0.25, 0.3) is 10.1 Å². The van der Waals surface area contributed by atoms with Crippen LogP contribution in [0, 0.1) is 0 Å². The summed E-state index contributed by atoms with van der Waals surface area (Å²) in [7, 11) is -4.21. The van der Waals surface area contributed by atoms with E-state index in [9.17, 15) is 13.2 Å². The van der Waals surface area contributed by atoms with Crippen molar-refractivity contribution >= 4 is 49.1 Å². The van der Waals surface area contributed by atoms with Crippen LogP contribution in [-0.2, 0) is 25.5 Å². The van der Waals surface area contributed by atoms with Crippen molar-refractivity contribution in [2.45, 2.75) is 18.3 Å². The van der Waals surface area contributed by atoms with Gasteiger partial charge < -0.3 is 4.84 Å². The average Bonchev–Trinajstić information content (AvgIpc) is 2.85. The molecule has 0 bridgehead atoms. The Morgan fingerprint density at radius 3 is 2.86 bits per heavy atom. The van der Waals surface area contributed by atoms with Gasteiger partial charge in [-0.1, -0.05) is 44.8 Å². The van der Waals surface area contributed by atoms with E-state index in [1.54, 1.807) is 12.1 Å². The molecule has 1 aromatic carbocycles. The van der Waals surface area contributed by atoms with E-state index in [1.807, 2.05) is 0 Å². The molecule has 0 saturated heterocycles. The first kappa shape index (κ1) is 16.4. The maximum atomic E-state index is 11.6. The molecule has 1 aliphatic heterocycles. The summed E-state index contributed by atoms with van der Waals surface area (Å²) >= 11 is 9.14. The Hall–Kier alpha value is -0.960. The topological polar surface area (TPSA) is 93.0 Å². The van der Waals surface area contributed by atoms with Crippen molar-refractivity contribution in [3.8, 4) is 0 Å². The lowest BCUT2D eigenvalue weighted by Crippen LogP contribution is -2.14. The van der Waals surface area contributed by atoms with Crippen LogP contribution in [0.1, 0.15) is 23.7 Å². The molecule has 9 heteroatoms. The van der Waals surface area contributed by atoms with Gasteiger partial charge in [0.2, 0.25) is 0 Å². The fourth-order valence-corrected chi connectivity index (χ4v) is 3.32. The SMILES string of the molecule is O=C(CBr)C1=NOC(c2c(Cl)cccc2CS(=O)(=O)O)C1. The van der Waals surface area contributed by atoms with Gasteiger partial charge in [0.15, 0.2) is 11.9 Å². The summed E-state index contributed by atoms with van der Waals surface area (Å²) < 4.78 is 31.2. The number of nitrogens with zero attached hydrogens (tertiary/aromatic N) is 1. The van der Waals surface area contributed by atoms with Gasteiger partial charge in [-0.3, -0.25) is 9.35 Å². The van der Waals surface area contributed by atoms with Crippen LogP contribution < -0.4 is 0 Å². The molecular weight excluding hydrogens is 386 g/mol. The zero-order valence-corrected chi connectivity index (χ0v) is 13.8. The number of hydrogen-bond donors (Lipinski definition) is 1. The molecule has 6 nitrogen and oxygen atoms in total. The van der Waals surface area contributed by atoms with Gasteiger partial charge >= 0.3 is 0 Å². The fourth-order valence-electron chi connectivity index (χ4n) is 2.04. The highest BCUT2D eigenvalue weighted by Gasteiger charge is 2.30. The van der Waals surface area contributed by atoms with Crippen molar-refractivity contribution in [2.24, 2.45) is 5.16 Å². The lowest BCUT2D eigenvalue weighted by Gasteiger charge is -2.15. The minimum Gasteiger partial charge on any atom is -0.387 e. The summed E-state index contributed by atoms with van der Waals surface area (Å²) in [6.07, 6.45) is -0.444. The lowest BCUT2D eigenvalue weighted by atomic mass is 9.99. The number of halogens is 2. The highest BCUT2D eigenvalue weighted by Crippen LogP contribution is 2.35. The van der Waals surface area contributed by atoms with E-state index in [0.717, 1.165) is 0 Å². The Balaban J connectivity index is 2.31. The quantitative estimate of drug-likeness (QED) is 0.610. The van der Waals surface area contributed by atoms with Crippen molar-refractivity contribution in [3.63, 3.8) is 0 Å². The molecule has 0 aromatic heterocycles. The van der Waals surface area contributed by atoms with E-state index < -0.39 is 22.0 Å². The predicted molar refractivity (Wildman–Crippen MR) is 81.4 cm³/mol. The summed E-state index contributed by atoms with van der Waals surface area (Å²) in [4.78, 5) is 16.8. The molecule has 1 aliphatic rings. The van der Waals surface area contributed by atoms with Crippen LogP contribution in [0.15, 0.2) is 23.4 Å². The van der Waals surface area contributed by atoms with Gasteiger partial charge in [0, 0.05) is 17.0 Å². The predicted octanol–water partition coefficient (Wildman–Crippen LogP) is 2.51. The third kappa shape index (κ3) is 4.03. The van der Waals surface area contributed by atoms with Crippen molar-refractivity contribution in [2.75, 3.05) is 5.33 Å². The van der Waals surface area contributed by atoms with Crippen LogP contribution in [0.5, 0.6) is 0 Å². The number of carbonyl (C=O) groups excluding carboxylic acids is 1. The number of carbonyl (C=O) groups is 1. The smallest absolute Gasteiger partial charge is 0.269 e. The van der Waals surface area contributed by atoms with Gasteiger partial charge in [-0.05, 0) is 11.6 Å². The van der Waals surface area contributed by atoms with E-state index in [0.29, 0.717) is 16.1 Å². The molecule has 0 amide bonds. The Kier molecular flexibility index (Phi) is 5.03. The summed E-state index contributed by atoms with van der Waals surface area (Å²) in [5, 5.41) is 4.13. The van der Waals surface area contributed by atoms with Gasteiger partial charge in [-0.25, -0.2) is 0 Å². The molecule has 21 heavy (non-hydrogen) atoms. The summed E-state index contributed by atoms with van der Waals surface area (Å²) in [5.41, 5.74) is 0.991. The van der Waals surface area contributed by atoms with Gasteiger partial charge in [-0.15, -0.1) is 0 Å². The molecule has 0 saturated carbocycles. The van der Waals surface area contributed by atoms with E-state index in [4.69, 9.17) is 21.0 Å². The number of rotatable bonds is 5. The highest BCUT2D eigenvalue weighted by molar-refractivity contribution is 9.09. The second kappa shape index (κ2) is 6.43. The zero-order chi connectivity index (χ0) is 15.6. The third-order valence-electron chi connectivity index (χ3n) is 2.92. The van der Waals surface area contributed by atoms with Crippen molar-refractivity contribution in [1.29, 1.82) is 0 Å². The van der Waals surface area contributed by atoms with Crippen molar-refractivity contribution < 1.29 is 22.6 Å². The second-order valence-corrected chi connectivity index (χ2v) is 6.85. The van der Waals surface area contributed by atoms with Crippen molar-refractivity contribution in [3.05, 3.63) is 34.3 Å². The standard InChI is InChI=1S/C12H11BrClNO5S/c13-5-10(16)9-4-11(20-15-9)12-7(6-21(17,18)19)2-1-3-8(12)14/h1-3,11H,4-6H2,(H,17,18,19). The molecule has 1 heterocycles. The van der Waals surface area contributed by atoms with E-state index >= 15 is 0 Å². The average molecular weight is 397 g/mol. The Labute approximate surface area is 135 Å². The molecule has 1 unspecified atom stereocenters. The third-order valence-corrected chi connectivity index (χ3v) is 4.43. The van der Waals surface area contributed by atoms with Gasteiger partial charge in [-0.2, -0.15) is 8.42 Å². The Bertz CT molecular complexity index is 704. The molecule has 1 N–H and O–H groups in total. The normalized spacial score (nSPS) is 18.2. The first-order chi connectivity index (χ1) is 9.81. The minimum absolute atomic E-state index is 0.127. The number of oxime groups is 1. The maximum Gasteiger partial charge on any atom is 0.269 e. The molecule has 2 rings (SSSR count). The zero-order valence-electron chi connectivity index (χ0n) is 10.6. The number of hydrogen-bond acceptors (Lipinski definition) is 5. The molecule has 0 aliphatic carbocycles. The summed E-state index contributed by atoms with van der Waals surface area (Å²) in [6, 6.07) is 4.69. The fraction of sp³-hybridized carbons (Fsp3) is 0.333. The number of ketones is 1. The first-order valence-electron chi connectivity index (χ1n) is 5.86. The number of alkyl halides is 1.